The third-order valence-electron chi connectivity index (χ3n) is 1.80. The molecule has 1 rings (SSSR count). The molecule has 68 valence electrons. The van der Waals surface area contributed by atoms with Crippen LogP contribution in [0.1, 0.15) is 23.0 Å². The van der Waals surface area contributed by atoms with Gasteiger partial charge in [-0.2, -0.15) is 0 Å². The van der Waals surface area contributed by atoms with Crippen LogP contribution in [0.3, 0.4) is 0 Å². The van der Waals surface area contributed by atoms with Crippen molar-refractivity contribution in [1.82, 2.24) is 0 Å². The van der Waals surface area contributed by atoms with Gasteiger partial charge < -0.3 is 9.84 Å². The minimum Gasteiger partial charge on any atom is -0.387 e. The molecule has 0 amide bonds. The highest BCUT2D eigenvalue weighted by atomic mass is 32.1. The molecular formula is C9H14O2S. The van der Waals surface area contributed by atoms with Crippen LogP contribution >= 0.6 is 11.3 Å². The van der Waals surface area contributed by atoms with E-state index in [0.717, 1.165) is 4.88 Å². The van der Waals surface area contributed by atoms with E-state index in [0.29, 0.717) is 13.0 Å². The van der Waals surface area contributed by atoms with Crippen LogP contribution in [0.15, 0.2) is 11.4 Å². The summed E-state index contributed by atoms with van der Waals surface area (Å²) in [7, 11) is 1.65. The third kappa shape index (κ3) is 2.30. The first kappa shape index (κ1) is 9.71. The number of aliphatic hydroxyl groups is 1. The topological polar surface area (TPSA) is 29.5 Å². The molecule has 2 nitrogen and oxygen atoms in total. The summed E-state index contributed by atoms with van der Waals surface area (Å²) in [4.78, 5) is 1.06. The summed E-state index contributed by atoms with van der Waals surface area (Å²) < 4.78 is 4.90. The molecule has 1 aromatic heterocycles. The molecule has 1 N–H and O–H groups in total. The van der Waals surface area contributed by atoms with E-state index >= 15 is 0 Å². The van der Waals surface area contributed by atoms with Gasteiger partial charge in [0.15, 0.2) is 0 Å². The zero-order valence-corrected chi connectivity index (χ0v) is 8.23. The Morgan fingerprint density at radius 2 is 2.42 bits per heavy atom. The van der Waals surface area contributed by atoms with Crippen LogP contribution in [-0.4, -0.2) is 18.8 Å². The second kappa shape index (κ2) is 4.60. The second-order valence-electron chi connectivity index (χ2n) is 2.77. The van der Waals surface area contributed by atoms with E-state index in [1.54, 1.807) is 18.4 Å². The van der Waals surface area contributed by atoms with E-state index in [-0.39, 0.29) is 6.10 Å². The van der Waals surface area contributed by atoms with Crippen molar-refractivity contribution in [2.45, 2.75) is 19.4 Å². The van der Waals surface area contributed by atoms with Gasteiger partial charge in [0.2, 0.25) is 0 Å². The van der Waals surface area contributed by atoms with Crippen LogP contribution in [0.25, 0.3) is 0 Å². The van der Waals surface area contributed by atoms with Gasteiger partial charge in [-0.25, -0.2) is 0 Å². The molecule has 1 heterocycles. The Morgan fingerprint density at radius 3 is 2.92 bits per heavy atom. The summed E-state index contributed by atoms with van der Waals surface area (Å²) >= 11 is 1.60. The van der Waals surface area contributed by atoms with Gasteiger partial charge in [-0.15, -0.1) is 11.3 Å². The van der Waals surface area contributed by atoms with Crippen molar-refractivity contribution in [3.63, 3.8) is 0 Å². The standard InChI is InChI=1S/C9H14O2S/c1-7-4-6-12-9(7)8(10)3-5-11-2/h4,6,8,10H,3,5H2,1-2H3. The van der Waals surface area contributed by atoms with Gasteiger partial charge in [-0.05, 0) is 23.9 Å². The van der Waals surface area contributed by atoms with Gasteiger partial charge in [-0.3, -0.25) is 0 Å². The number of aryl methyl sites for hydroxylation is 1. The van der Waals surface area contributed by atoms with Crippen molar-refractivity contribution < 1.29 is 9.84 Å². The summed E-state index contributed by atoms with van der Waals surface area (Å²) in [5, 5.41) is 11.7. The van der Waals surface area contributed by atoms with Gasteiger partial charge in [0.1, 0.15) is 0 Å². The van der Waals surface area contributed by atoms with Crippen molar-refractivity contribution in [3.05, 3.63) is 21.9 Å². The Bertz CT molecular complexity index is 232. The Kier molecular flexibility index (Phi) is 3.72. The SMILES string of the molecule is COCCC(O)c1sccc1C. The van der Waals surface area contributed by atoms with E-state index in [9.17, 15) is 5.11 Å². The largest absolute Gasteiger partial charge is 0.387 e. The van der Waals surface area contributed by atoms with Crippen LogP contribution in [0.2, 0.25) is 0 Å². The van der Waals surface area contributed by atoms with Gasteiger partial charge in [-0.1, -0.05) is 0 Å². The fraction of sp³-hybridized carbons (Fsp3) is 0.556. The lowest BCUT2D eigenvalue weighted by Crippen LogP contribution is -2.00. The van der Waals surface area contributed by atoms with E-state index < -0.39 is 0 Å². The van der Waals surface area contributed by atoms with E-state index in [2.05, 4.69) is 0 Å². The first-order chi connectivity index (χ1) is 5.75. The maximum atomic E-state index is 9.65. The van der Waals surface area contributed by atoms with E-state index in [4.69, 9.17) is 4.74 Å². The normalized spacial score (nSPS) is 13.2. The molecule has 0 aliphatic carbocycles. The van der Waals surface area contributed by atoms with Crippen molar-refractivity contribution in [3.8, 4) is 0 Å². The first-order valence-electron chi connectivity index (χ1n) is 3.96. The lowest BCUT2D eigenvalue weighted by Gasteiger charge is -2.08. The number of aliphatic hydroxyl groups excluding tert-OH is 1. The zero-order valence-electron chi connectivity index (χ0n) is 7.41. The molecule has 0 aromatic carbocycles. The van der Waals surface area contributed by atoms with Gasteiger partial charge in [0, 0.05) is 25.0 Å². The monoisotopic (exact) mass is 186 g/mol. The Morgan fingerprint density at radius 1 is 1.67 bits per heavy atom. The highest BCUT2D eigenvalue weighted by Crippen LogP contribution is 2.25. The zero-order chi connectivity index (χ0) is 8.97. The van der Waals surface area contributed by atoms with Crippen LogP contribution in [0, 0.1) is 6.92 Å². The predicted molar refractivity (Wildman–Crippen MR) is 50.5 cm³/mol. The minimum absolute atomic E-state index is 0.357. The molecule has 1 unspecified atom stereocenters. The fourth-order valence-corrected chi connectivity index (χ4v) is 2.03. The molecule has 0 aliphatic heterocycles. The van der Waals surface area contributed by atoms with Gasteiger partial charge in [0.25, 0.3) is 0 Å². The predicted octanol–water partition coefficient (Wildman–Crippen LogP) is 2.13. The smallest absolute Gasteiger partial charge is 0.0906 e. The van der Waals surface area contributed by atoms with Crippen molar-refractivity contribution >= 4 is 11.3 Å². The molecule has 0 saturated heterocycles. The number of methoxy groups -OCH3 is 1. The van der Waals surface area contributed by atoms with Crippen LogP contribution < -0.4 is 0 Å². The highest BCUT2D eigenvalue weighted by molar-refractivity contribution is 7.10. The average molecular weight is 186 g/mol. The third-order valence-corrected chi connectivity index (χ3v) is 2.92. The minimum atomic E-state index is -0.357. The summed E-state index contributed by atoms with van der Waals surface area (Å²) in [5.41, 5.74) is 1.17. The molecular weight excluding hydrogens is 172 g/mol. The van der Waals surface area contributed by atoms with Crippen molar-refractivity contribution in [2.75, 3.05) is 13.7 Å². The van der Waals surface area contributed by atoms with Crippen molar-refractivity contribution in [2.24, 2.45) is 0 Å². The maximum absolute atomic E-state index is 9.65. The molecule has 3 heteroatoms. The van der Waals surface area contributed by atoms with E-state index in [1.165, 1.54) is 5.56 Å². The first-order valence-corrected chi connectivity index (χ1v) is 4.84. The molecule has 0 spiro atoms. The fourth-order valence-electron chi connectivity index (χ4n) is 1.09. The number of rotatable bonds is 4. The summed E-state index contributed by atoms with van der Waals surface area (Å²) in [5.74, 6) is 0. The quantitative estimate of drug-likeness (QED) is 0.780. The van der Waals surface area contributed by atoms with Gasteiger partial charge >= 0.3 is 0 Å². The molecule has 0 bridgehead atoms. The number of ether oxygens (including phenoxy) is 1. The lowest BCUT2D eigenvalue weighted by molar-refractivity contribution is 0.112. The van der Waals surface area contributed by atoms with Crippen LogP contribution in [0.4, 0.5) is 0 Å². The summed E-state index contributed by atoms with van der Waals surface area (Å²) in [6.07, 6.45) is 0.322. The maximum Gasteiger partial charge on any atom is 0.0906 e. The average Bonchev–Trinajstić information content (AvgIpc) is 2.47. The van der Waals surface area contributed by atoms with Crippen LogP contribution in [-0.2, 0) is 4.74 Å². The summed E-state index contributed by atoms with van der Waals surface area (Å²) in [6, 6.07) is 2.02. The number of hydrogen-bond acceptors (Lipinski definition) is 3. The van der Waals surface area contributed by atoms with Crippen molar-refractivity contribution in [1.29, 1.82) is 0 Å². The second-order valence-corrected chi connectivity index (χ2v) is 3.71. The van der Waals surface area contributed by atoms with Gasteiger partial charge in [0.05, 0.1) is 6.10 Å². The number of thiophene rings is 1. The molecule has 1 atom stereocenters. The highest BCUT2D eigenvalue weighted by Gasteiger charge is 2.10. The molecule has 12 heavy (non-hydrogen) atoms. The molecule has 0 radical (unpaired) electrons. The molecule has 1 aromatic rings. The lowest BCUT2D eigenvalue weighted by atomic mass is 10.1. The molecule has 0 saturated carbocycles. The van der Waals surface area contributed by atoms with E-state index in [1.807, 2.05) is 18.4 Å². The Labute approximate surface area is 76.8 Å². The Hall–Kier alpha value is -0.380. The molecule has 0 aliphatic rings. The Balaban J connectivity index is 2.52. The number of hydrogen-bond donors (Lipinski definition) is 1. The summed E-state index contributed by atoms with van der Waals surface area (Å²) in [6.45, 7) is 2.63. The van der Waals surface area contributed by atoms with Crippen LogP contribution in [0.5, 0.6) is 0 Å². The molecule has 0 fully saturated rings.